The van der Waals surface area contributed by atoms with Crippen LogP contribution in [0.4, 0.5) is 0 Å². The highest BCUT2D eigenvalue weighted by Gasteiger charge is 2.31. The van der Waals surface area contributed by atoms with Gasteiger partial charge in [0.25, 0.3) is 0 Å². The zero-order chi connectivity index (χ0) is 19.2. The zero-order valence-corrected chi connectivity index (χ0v) is 17.2. The molecule has 1 N–H and O–H groups in total. The molecule has 0 bridgehead atoms. The largest absolute Gasteiger partial charge is 0.497 e. The fourth-order valence-corrected chi connectivity index (χ4v) is 6.61. The van der Waals surface area contributed by atoms with E-state index in [-0.39, 0.29) is 16.5 Å². The molecule has 1 aromatic heterocycles. The zero-order valence-electron chi connectivity index (χ0n) is 14.7. The second-order valence-electron chi connectivity index (χ2n) is 5.76. The van der Waals surface area contributed by atoms with Crippen molar-refractivity contribution in [2.45, 2.75) is 29.2 Å². The fraction of sp³-hybridized carbons (Fsp3) is 0.412. The molecule has 2 rings (SSSR count). The summed E-state index contributed by atoms with van der Waals surface area (Å²) < 4.78 is 58.1. The Labute approximate surface area is 159 Å². The van der Waals surface area contributed by atoms with Crippen LogP contribution in [0.5, 0.6) is 5.75 Å². The SMILES string of the molecule is CCCCS(=O)(=O)NC[C@@H](c1ccc(OC)cc1)S(=O)(=O)c1cccs1. The van der Waals surface area contributed by atoms with Crippen molar-refractivity contribution in [2.24, 2.45) is 0 Å². The number of nitrogens with one attached hydrogen (secondary N) is 1. The first-order valence-electron chi connectivity index (χ1n) is 8.19. The van der Waals surface area contributed by atoms with Gasteiger partial charge in [-0.1, -0.05) is 31.5 Å². The first kappa shape index (κ1) is 20.9. The van der Waals surface area contributed by atoms with Crippen LogP contribution >= 0.6 is 11.3 Å². The number of sulfone groups is 1. The van der Waals surface area contributed by atoms with Crippen molar-refractivity contribution >= 4 is 31.2 Å². The Morgan fingerprint density at radius 1 is 1.12 bits per heavy atom. The molecule has 0 aliphatic rings. The van der Waals surface area contributed by atoms with Crippen LogP contribution in [0.1, 0.15) is 30.6 Å². The van der Waals surface area contributed by atoms with Crippen LogP contribution in [0.3, 0.4) is 0 Å². The third kappa shape index (κ3) is 5.29. The lowest BCUT2D eigenvalue weighted by molar-refractivity contribution is 0.414. The maximum absolute atomic E-state index is 13.0. The average Bonchev–Trinajstić information content (AvgIpc) is 3.16. The number of benzene rings is 1. The number of ether oxygens (including phenoxy) is 1. The molecule has 0 saturated carbocycles. The summed E-state index contributed by atoms with van der Waals surface area (Å²) in [5.41, 5.74) is 0.511. The predicted octanol–water partition coefficient (Wildman–Crippen LogP) is 2.99. The van der Waals surface area contributed by atoms with E-state index < -0.39 is 25.1 Å². The highest BCUT2D eigenvalue weighted by atomic mass is 32.2. The number of sulfonamides is 1. The van der Waals surface area contributed by atoms with E-state index >= 15 is 0 Å². The van der Waals surface area contributed by atoms with E-state index in [1.165, 1.54) is 13.2 Å². The molecule has 0 amide bonds. The molecule has 0 fully saturated rings. The van der Waals surface area contributed by atoms with Gasteiger partial charge >= 0.3 is 0 Å². The smallest absolute Gasteiger partial charge is 0.211 e. The number of unbranched alkanes of at least 4 members (excludes halogenated alkanes) is 1. The molecular formula is C17H23NO5S3. The topological polar surface area (TPSA) is 89.5 Å². The molecule has 26 heavy (non-hydrogen) atoms. The highest BCUT2D eigenvalue weighted by Crippen LogP contribution is 2.32. The molecule has 1 atom stereocenters. The van der Waals surface area contributed by atoms with Crippen molar-refractivity contribution in [2.75, 3.05) is 19.4 Å². The molecule has 144 valence electrons. The quantitative estimate of drug-likeness (QED) is 0.642. The molecule has 0 unspecified atom stereocenters. The standard InChI is InChI=1S/C17H23NO5S3/c1-3-4-12-25(19,20)18-13-16(14-7-9-15(23-2)10-8-14)26(21,22)17-6-5-11-24-17/h5-11,16,18H,3-4,12-13H2,1-2H3/t16-/m0/s1. The maximum Gasteiger partial charge on any atom is 0.211 e. The first-order valence-corrected chi connectivity index (χ1v) is 12.3. The summed E-state index contributed by atoms with van der Waals surface area (Å²) in [6.45, 7) is 1.69. The van der Waals surface area contributed by atoms with Gasteiger partial charge in [-0.3, -0.25) is 0 Å². The molecule has 1 aromatic carbocycles. The summed E-state index contributed by atoms with van der Waals surface area (Å²) in [4.78, 5) is 0. The minimum atomic E-state index is -3.72. The number of hydrogen-bond acceptors (Lipinski definition) is 6. The average molecular weight is 418 g/mol. The fourth-order valence-electron chi connectivity index (χ4n) is 2.40. The van der Waals surface area contributed by atoms with E-state index in [9.17, 15) is 16.8 Å². The van der Waals surface area contributed by atoms with Gasteiger partial charge in [0.1, 0.15) is 15.2 Å². The van der Waals surface area contributed by atoms with Gasteiger partial charge in [-0.25, -0.2) is 21.6 Å². The summed E-state index contributed by atoms with van der Waals surface area (Å²) in [6.07, 6.45) is 1.27. The Kier molecular flexibility index (Phi) is 7.22. The van der Waals surface area contributed by atoms with Crippen molar-refractivity contribution in [1.29, 1.82) is 0 Å². The van der Waals surface area contributed by atoms with Gasteiger partial charge in [0.2, 0.25) is 10.0 Å². The van der Waals surface area contributed by atoms with Crippen LogP contribution in [0.15, 0.2) is 46.0 Å². The van der Waals surface area contributed by atoms with Gasteiger partial charge in [0.15, 0.2) is 9.84 Å². The number of methoxy groups -OCH3 is 1. The number of rotatable bonds is 10. The van der Waals surface area contributed by atoms with Crippen LogP contribution in [-0.4, -0.2) is 36.2 Å². The summed E-state index contributed by atoms with van der Waals surface area (Å²) in [5.74, 6) is 0.585. The number of thiophene rings is 1. The maximum atomic E-state index is 13.0. The minimum absolute atomic E-state index is 0.0160. The van der Waals surface area contributed by atoms with Crippen molar-refractivity contribution in [1.82, 2.24) is 4.72 Å². The van der Waals surface area contributed by atoms with E-state index in [1.807, 2.05) is 6.92 Å². The third-order valence-corrected chi connectivity index (χ3v) is 8.86. The van der Waals surface area contributed by atoms with Crippen molar-refractivity contribution in [3.63, 3.8) is 0 Å². The van der Waals surface area contributed by atoms with Gasteiger partial charge in [0.05, 0.1) is 12.9 Å². The molecule has 0 radical (unpaired) electrons. The second-order valence-corrected chi connectivity index (χ2v) is 11.0. The van der Waals surface area contributed by atoms with Crippen LogP contribution in [-0.2, 0) is 19.9 Å². The molecule has 2 aromatic rings. The molecule has 0 spiro atoms. The summed E-state index contributed by atoms with van der Waals surface area (Å²) >= 11 is 1.12. The van der Waals surface area contributed by atoms with Gasteiger partial charge in [-0.2, -0.15) is 0 Å². The second kappa shape index (κ2) is 8.98. The summed E-state index contributed by atoms with van der Waals surface area (Å²) in [6, 6.07) is 9.82. The van der Waals surface area contributed by atoms with E-state index in [0.717, 1.165) is 17.8 Å². The highest BCUT2D eigenvalue weighted by molar-refractivity contribution is 7.93. The monoisotopic (exact) mass is 417 g/mol. The lowest BCUT2D eigenvalue weighted by Gasteiger charge is -2.18. The lowest BCUT2D eigenvalue weighted by Crippen LogP contribution is -2.33. The van der Waals surface area contributed by atoms with Crippen molar-refractivity contribution < 1.29 is 21.6 Å². The molecular weight excluding hydrogens is 394 g/mol. The Bertz CT molecular complexity index is 888. The summed E-state index contributed by atoms with van der Waals surface area (Å²) in [5, 5.41) is 0.673. The van der Waals surface area contributed by atoms with Gasteiger partial charge in [-0.15, -0.1) is 11.3 Å². The van der Waals surface area contributed by atoms with Crippen molar-refractivity contribution in [3.05, 3.63) is 47.3 Å². The van der Waals surface area contributed by atoms with Crippen LogP contribution < -0.4 is 9.46 Å². The Morgan fingerprint density at radius 3 is 2.35 bits per heavy atom. The molecule has 6 nitrogen and oxygen atoms in total. The van der Waals surface area contributed by atoms with E-state index in [1.54, 1.807) is 35.7 Å². The number of hydrogen-bond donors (Lipinski definition) is 1. The molecule has 0 aliphatic carbocycles. The Hall–Kier alpha value is -1.42. The Morgan fingerprint density at radius 2 is 1.81 bits per heavy atom. The van der Waals surface area contributed by atoms with Gasteiger partial charge < -0.3 is 4.74 Å². The molecule has 0 aliphatic heterocycles. The normalized spacial score (nSPS) is 13.5. The third-order valence-electron chi connectivity index (χ3n) is 3.89. The van der Waals surface area contributed by atoms with Crippen LogP contribution in [0, 0.1) is 0 Å². The predicted molar refractivity (Wildman–Crippen MR) is 104 cm³/mol. The first-order chi connectivity index (χ1) is 12.3. The molecule has 1 heterocycles. The van der Waals surface area contributed by atoms with E-state index in [0.29, 0.717) is 17.7 Å². The minimum Gasteiger partial charge on any atom is -0.497 e. The molecule has 9 heteroatoms. The Balaban J connectivity index is 2.32. The lowest BCUT2D eigenvalue weighted by atomic mass is 10.1. The molecule has 0 saturated heterocycles. The van der Waals surface area contributed by atoms with Gasteiger partial charge in [0, 0.05) is 6.54 Å². The van der Waals surface area contributed by atoms with Gasteiger partial charge in [-0.05, 0) is 35.6 Å². The van der Waals surface area contributed by atoms with Crippen LogP contribution in [0.25, 0.3) is 0 Å². The summed E-state index contributed by atoms with van der Waals surface area (Å²) in [7, 11) is -5.72. The van der Waals surface area contributed by atoms with Crippen molar-refractivity contribution in [3.8, 4) is 5.75 Å². The van der Waals surface area contributed by atoms with E-state index in [4.69, 9.17) is 4.74 Å². The van der Waals surface area contributed by atoms with E-state index in [2.05, 4.69) is 4.72 Å². The van der Waals surface area contributed by atoms with Crippen LogP contribution in [0.2, 0.25) is 0 Å².